The van der Waals surface area contributed by atoms with Gasteiger partial charge in [-0.3, -0.25) is 9.48 Å². The predicted molar refractivity (Wildman–Crippen MR) is 79.9 cm³/mol. The first-order valence-corrected chi connectivity index (χ1v) is 6.28. The summed E-state index contributed by atoms with van der Waals surface area (Å²) in [6.45, 7) is 0.117. The predicted octanol–water partition coefficient (Wildman–Crippen LogP) is 1.34. The van der Waals surface area contributed by atoms with Gasteiger partial charge < -0.3 is 15.8 Å². The van der Waals surface area contributed by atoms with E-state index in [4.69, 9.17) is 22.7 Å². The number of ether oxygens (including phenoxy) is 1. The molecule has 0 unspecified atom stereocenters. The van der Waals surface area contributed by atoms with E-state index < -0.39 is 0 Å². The fourth-order valence-corrected chi connectivity index (χ4v) is 1.63. The summed E-state index contributed by atoms with van der Waals surface area (Å²) in [6, 6.07) is 8.68. The summed E-state index contributed by atoms with van der Waals surface area (Å²) in [6.07, 6.45) is 1.70. The molecule has 2 rings (SSSR count). The molecular weight excluding hydrogens is 276 g/mol. The second-order valence-corrected chi connectivity index (χ2v) is 4.60. The molecule has 3 N–H and O–H groups in total. The Balaban J connectivity index is 2.12. The first kappa shape index (κ1) is 14.0. The highest BCUT2D eigenvalue weighted by molar-refractivity contribution is 7.80. The third kappa shape index (κ3) is 3.55. The normalized spacial score (nSPS) is 10.1. The molecule has 1 aromatic heterocycles. The Kier molecular flexibility index (Phi) is 4.31. The standard InChI is InChI=1S/C13H14N4O2S/c1-17-7-6-10(16-17)13(18)15-9-4-2-3-5-11(9)19-8-12(14)20/h2-7H,8H2,1H3,(H2,14,20)(H,15,18). The van der Waals surface area contributed by atoms with E-state index in [0.29, 0.717) is 17.1 Å². The third-order valence-electron chi connectivity index (χ3n) is 2.45. The van der Waals surface area contributed by atoms with E-state index in [-0.39, 0.29) is 17.5 Å². The van der Waals surface area contributed by atoms with Crippen LogP contribution in [0.2, 0.25) is 0 Å². The van der Waals surface area contributed by atoms with Gasteiger partial charge in [0, 0.05) is 13.2 Å². The maximum absolute atomic E-state index is 12.0. The monoisotopic (exact) mass is 290 g/mol. The minimum absolute atomic E-state index is 0.117. The Hall–Kier alpha value is -2.41. The van der Waals surface area contributed by atoms with Gasteiger partial charge in [0.25, 0.3) is 5.91 Å². The molecule has 0 atom stereocenters. The van der Waals surface area contributed by atoms with Crippen LogP contribution in [0, 0.1) is 0 Å². The molecule has 0 aliphatic rings. The highest BCUT2D eigenvalue weighted by Gasteiger charge is 2.12. The quantitative estimate of drug-likeness (QED) is 0.812. The molecule has 1 aromatic carbocycles. The lowest BCUT2D eigenvalue weighted by Gasteiger charge is -2.11. The maximum atomic E-state index is 12.0. The number of hydrogen-bond acceptors (Lipinski definition) is 4. The van der Waals surface area contributed by atoms with Crippen LogP contribution in [0.5, 0.6) is 5.75 Å². The number of nitrogens with one attached hydrogen (secondary N) is 1. The van der Waals surface area contributed by atoms with Gasteiger partial charge in [-0.2, -0.15) is 5.10 Å². The number of rotatable bonds is 5. The highest BCUT2D eigenvalue weighted by Crippen LogP contribution is 2.24. The van der Waals surface area contributed by atoms with Crippen molar-refractivity contribution in [3.63, 3.8) is 0 Å². The fourth-order valence-electron chi connectivity index (χ4n) is 1.57. The van der Waals surface area contributed by atoms with Crippen molar-refractivity contribution in [3.05, 3.63) is 42.2 Å². The number of aryl methyl sites for hydroxylation is 1. The Morgan fingerprint density at radius 2 is 2.20 bits per heavy atom. The van der Waals surface area contributed by atoms with Crippen LogP contribution in [0.1, 0.15) is 10.5 Å². The van der Waals surface area contributed by atoms with Crippen LogP contribution < -0.4 is 15.8 Å². The lowest BCUT2D eigenvalue weighted by Crippen LogP contribution is -2.19. The van der Waals surface area contributed by atoms with Gasteiger partial charge in [0.2, 0.25) is 0 Å². The largest absolute Gasteiger partial charge is 0.484 e. The number of aromatic nitrogens is 2. The minimum Gasteiger partial charge on any atom is -0.484 e. The van der Waals surface area contributed by atoms with Crippen molar-refractivity contribution in [1.82, 2.24) is 9.78 Å². The van der Waals surface area contributed by atoms with E-state index in [2.05, 4.69) is 10.4 Å². The van der Waals surface area contributed by atoms with Gasteiger partial charge in [0.15, 0.2) is 5.69 Å². The fraction of sp³-hybridized carbons (Fsp3) is 0.154. The van der Waals surface area contributed by atoms with Crippen molar-refractivity contribution < 1.29 is 9.53 Å². The number of nitrogens with two attached hydrogens (primary N) is 1. The van der Waals surface area contributed by atoms with Gasteiger partial charge in [-0.25, -0.2) is 0 Å². The summed E-state index contributed by atoms with van der Waals surface area (Å²) in [7, 11) is 1.75. The van der Waals surface area contributed by atoms with Gasteiger partial charge in [0.1, 0.15) is 17.3 Å². The van der Waals surface area contributed by atoms with E-state index in [1.807, 2.05) is 0 Å². The molecule has 6 nitrogen and oxygen atoms in total. The topological polar surface area (TPSA) is 82.2 Å². The van der Waals surface area contributed by atoms with Gasteiger partial charge in [-0.15, -0.1) is 0 Å². The number of anilines is 1. The summed E-state index contributed by atoms with van der Waals surface area (Å²) in [5.41, 5.74) is 6.26. The number of thiocarbonyl (C=S) groups is 1. The molecule has 104 valence electrons. The SMILES string of the molecule is Cn1ccc(C(=O)Nc2ccccc2OCC(N)=S)n1. The Morgan fingerprint density at radius 1 is 1.45 bits per heavy atom. The van der Waals surface area contributed by atoms with Gasteiger partial charge in [-0.05, 0) is 18.2 Å². The first-order chi connectivity index (χ1) is 9.56. The molecule has 0 saturated heterocycles. The zero-order chi connectivity index (χ0) is 14.5. The molecule has 20 heavy (non-hydrogen) atoms. The Morgan fingerprint density at radius 3 is 2.85 bits per heavy atom. The van der Waals surface area contributed by atoms with Crippen LogP contribution in [0.3, 0.4) is 0 Å². The van der Waals surface area contributed by atoms with Crippen LogP contribution in [-0.4, -0.2) is 27.3 Å². The van der Waals surface area contributed by atoms with Crippen LogP contribution in [0.15, 0.2) is 36.5 Å². The third-order valence-corrected chi connectivity index (χ3v) is 2.57. The van der Waals surface area contributed by atoms with E-state index >= 15 is 0 Å². The number of carbonyl (C=O) groups excluding carboxylic acids is 1. The van der Waals surface area contributed by atoms with Crippen molar-refractivity contribution in [3.8, 4) is 5.75 Å². The van der Waals surface area contributed by atoms with Crippen molar-refractivity contribution in [2.45, 2.75) is 0 Å². The Bertz CT molecular complexity index is 639. The molecule has 0 bridgehead atoms. The molecule has 0 spiro atoms. The summed E-state index contributed by atoms with van der Waals surface area (Å²) >= 11 is 4.76. The van der Waals surface area contributed by atoms with E-state index in [1.165, 1.54) is 0 Å². The summed E-state index contributed by atoms with van der Waals surface area (Å²) in [5.74, 6) is 0.196. The van der Waals surface area contributed by atoms with Gasteiger partial charge in [-0.1, -0.05) is 24.4 Å². The molecule has 0 fully saturated rings. The average Bonchev–Trinajstić information content (AvgIpc) is 2.84. The van der Waals surface area contributed by atoms with E-state index in [9.17, 15) is 4.79 Å². The second kappa shape index (κ2) is 6.16. The van der Waals surface area contributed by atoms with Crippen LogP contribution in [0.4, 0.5) is 5.69 Å². The molecule has 0 radical (unpaired) electrons. The summed E-state index contributed by atoms with van der Waals surface area (Å²) in [5, 5.41) is 6.77. The lowest BCUT2D eigenvalue weighted by atomic mass is 10.3. The van der Waals surface area contributed by atoms with E-state index in [1.54, 1.807) is 48.3 Å². The maximum Gasteiger partial charge on any atom is 0.276 e. The molecule has 1 amide bonds. The Labute approximate surface area is 121 Å². The smallest absolute Gasteiger partial charge is 0.276 e. The average molecular weight is 290 g/mol. The molecule has 7 heteroatoms. The first-order valence-electron chi connectivity index (χ1n) is 5.87. The van der Waals surface area contributed by atoms with E-state index in [0.717, 1.165) is 0 Å². The van der Waals surface area contributed by atoms with Crippen molar-refractivity contribution in [1.29, 1.82) is 0 Å². The number of nitrogens with zero attached hydrogens (tertiary/aromatic N) is 2. The molecule has 2 aromatic rings. The van der Waals surface area contributed by atoms with Crippen molar-refractivity contribution in [2.75, 3.05) is 11.9 Å². The lowest BCUT2D eigenvalue weighted by molar-refractivity contribution is 0.102. The number of hydrogen-bond donors (Lipinski definition) is 2. The van der Waals surface area contributed by atoms with Crippen LogP contribution in [-0.2, 0) is 7.05 Å². The molecule has 0 aliphatic heterocycles. The molecule has 0 aliphatic carbocycles. The number of benzene rings is 1. The van der Waals surface area contributed by atoms with Crippen molar-refractivity contribution >= 4 is 28.8 Å². The minimum atomic E-state index is -0.308. The highest BCUT2D eigenvalue weighted by atomic mass is 32.1. The van der Waals surface area contributed by atoms with Crippen LogP contribution >= 0.6 is 12.2 Å². The molecular formula is C13H14N4O2S. The zero-order valence-corrected chi connectivity index (χ0v) is 11.7. The number of para-hydroxylation sites is 2. The summed E-state index contributed by atoms with van der Waals surface area (Å²) < 4.78 is 6.99. The molecule has 0 saturated carbocycles. The summed E-state index contributed by atoms with van der Waals surface area (Å²) in [4.78, 5) is 12.3. The number of amides is 1. The molecule has 1 heterocycles. The van der Waals surface area contributed by atoms with Gasteiger partial charge in [0.05, 0.1) is 5.69 Å². The van der Waals surface area contributed by atoms with Crippen molar-refractivity contribution in [2.24, 2.45) is 12.8 Å². The number of carbonyl (C=O) groups is 1. The van der Waals surface area contributed by atoms with Crippen LogP contribution in [0.25, 0.3) is 0 Å². The second-order valence-electron chi connectivity index (χ2n) is 4.08. The van der Waals surface area contributed by atoms with Gasteiger partial charge >= 0.3 is 0 Å². The zero-order valence-electron chi connectivity index (χ0n) is 10.9.